The first-order valence-corrected chi connectivity index (χ1v) is 3.46. The second-order valence-electron chi connectivity index (χ2n) is 2.26. The van der Waals surface area contributed by atoms with Crippen molar-refractivity contribution in [2.75, 3.05) is 12.4 Å². The van der Waals surface area contributed by atoms with E-state index in [0.717, 1.165) is 0 Å². The molecule has 0 radical (unpaired) electrons. The molecule has 6 nitrogen and oxygen atoms in total. The fourth-order valence-electron chi connectivity index (χ4n) is 0.815. The number of rotatable bonds is 1. The van der Waals surface area contributed by atoms with Gasteiger partial charge in [-0.05, 0) is 0 Å². The fourth-order valence-corrected chi connectivity index (χ4v) is 0.815. The van der Waals surface area contributed by atoms with E-state index in [0.29, 0.717) is 11.4 Å². The van der Waals surface area contributed by atoms with Crippen molar-refractivity contribution in [2.24, 2.45) is 7.05 Å². The first-order chi connectivity index (χ1) is 6.19. The molecule has 68 valence electrons. The summed E-state index contributed by atoms with van der Waals surface area (Å²) in [6.07, 6.45) is 0.741. The molecule has 0 aliphatic rings. The van der Waals surface area contributed by atoms with Crippen molar-refractivity contribution >= 4 is 11.9 Å². The number of carbonyl (C=O) groups excluding carboxylic acids is 1. The van der Waals surface area contributed by atoms with Gasteiger partial charge >= 0.3 is 6.09 Å². The molecule has 1 rings (SSSR count). The van der Waals surface area contributed by atoms with Gasteiger partial charge in [0.05, 0.1) is 13.3 Å². The zero-order chi connectivity index (χ0) is 9.84. The number of hydrogen-bond donors (Lipinski definition) is 1. The Balaban J connectivity index is 2.93. The number of hydrogen-bond acceptors (Lipinski definition) is 4. The van der Waals surface area contributed by atoms with E-state index in [1.54, 1.807) is 7.05 Å². The molecule has 1 N–H and O–H groups in total. The average Bonchev–Trinajstić information content (AvgIpc) is 2.48. The molecular weight excluding hydrogens is 172 g/mol. The van der Waals surface area contributed by atoms with Crippen LogP contribution in [0.2, 0.25) is 0 Å². The Hall–Kier alpha value is -2.03. The number of nitrogens with zero attached hydrogens (tertiary/aromatic N) is 3. The Bertz CT molecular complexity index is 363. The molecule has 1 heterocycles. The highest BCUT2D eigenvalue weighted by atomic mass is 16.5. The highest BCUT2D eigenvalue weighted by Crippen LogP contribution is 2.12. The third-order valence-corrected chi connectivity index (χ3v) is 1.47. The molecule has 1 aromatic heterocycles. The van der Waals surface area contributed by atoms with Gasteiger partial charge in [0.2, 0.25) is 0 Å². The van der Waals surface area contributed by atoms with Gasteiger partial charge in [0, 0.05) is 7.05 Å². The molecule has 0 saturated heterocycles. The Kier molecular flexibility index (Phi) is 2.50. The summed E-state index contributed by atoms with van der Waals surface area (Å²) in [5.74, 6) is 0.328. The molecule has 1 amide bonds. The lowest BCUT2D eigenvalue weighted by Gasteiger charge is -2.03. The SMILES string of the molecule is COC(=O)Nc1c(C#N)cnn1C. The maximum Gasteiger partial charge on any atom is 0.412 e. The highest BCUT2D eigenvalue weighted by molar-refractivity contribution is 5.84. The Morgan fingerprint density at radius 1 is 1.85 bits per heavy atom. The predicted octanol–water partition coefficient (Wildman–Crippen LogP) is 0.470. The summed E-state index contributed by atoms with van der Waals surface area (Å²) < 4.78 is 5.76. The molecule has 0 bridgehead atoms. The second-order valence-corrected chi connectivity index (χ2v) is 2.26. The third-order valence-electron chi connectivity index (χ3n) is 1.47. The van der Waals surface area contributed by atoms with Gasteiger partial charge in [0.15, 0.2) is 5.82 Å². The Labute approximate surface area is 74.7 Å². The van der Waals surface area contributed by atoms with Crippen molar-refractivity contribution in [2.45, 2.75) is 0 Å². The normalized spacial score (nSPS) is 9.00. The summed E-state index contributed by atoms with van der Waals surface area (Å²) in [5, 5.41) is 14.8. The van der Waals surface area contributed by atoms with Gasteiger partial charge in [-0.2, -0.15) is 10.4 Å². The number of nitrogens with one attached hydrogen (secondary N) is 1. The second kappa shape index (κ2) is 3.58. The summed E-state index contributed by atoms with van der Waals surface area (Å²) in [6, 6.07) is 1.89. The minimum absolute atomic E-state index is 0.299. The number of ether oxygens (including phenoxy) is 1. The maximum atomic E-state index is 10.8. The minimum Gasteiger partial charge on any atom is -0.453 e. The number of anilines is 1. The van der Waals surface area contributed by atoms with E-state index in [1.165, 1.54) is 18.0 Å². The van der Waals surface area contributed by atoms with Crippen LogP contribution in [-0.4, -0.2) is 23.0 Å². The van der Waals surface area contributed by atoms with Gasteiger partial charge in [-0.25, -0.2) is 4.79 Å². The molecule has 0 unspecified atom stereocenters. The Morgan fingerprint density at radius 3 is 3.08 bits per heavy atom. The smallest absolute Gasteiger partial charge is 0.412 e. The summed E-state index contributed by atoms with van der Waals surface area (Å²) in [7, 11) is 2.86. The van der Waals surface area contributed by atoms with Crippen LogP contribution >= 0.6 is 0 Å². The van der Waals surface area contributed by atoms with Gasteiger partial charge in [-0.15, -0.1) is 0 Å². The lowest BCUT2D eigenvalue weighted by Crippen LogP contribution is -2.14. The lowest BCUT2D eigenvalue weighted by atomic mass is 10.4. The number of nitriles is 1. The Morgan fingerprint density at radius 2 is 2.54 bits per heavy atom. The summed E-state index contributed by atoms with van der Waals surface area (Å²) in [5.41, 5.74) is 0.299. The van der Waals surface area contributed by atoms with E-state index in [1.807, 2.05) is 6.07 Å². The number of methoxy groups -OCH3 is 1. The van der Waals surface area contributed by atoms with Crippen molar-refractivity contribution in [3.05, 3.63) is 11.8 Å². The minimum atomic E-state index is -0.625. The molecule has 0 aliphatic carbocycles. The van der Waals surface area contributed by atoms with Crippen LogP contribution in [-0.2, 0) is 11.8 Å². The molecule has 6 heteroatoms. The van der Waals surface area contributed by atoms with E-state index in [9.17, 15) is 4.79 Å². The molecule has 0 fully saturated rings. The molecule has 0 saturated carbocycles. The van der Waals surface area contributed by atoms with E-state index >= 15 is 0 Å². The molecule has 1 aromatic rings. The van der Waals surface area contributed by atoms with Crippen LogP contribution in [0.5, 0.6) is 0 Å². The van der Waals surface area contributed by atoms with Crippen LogP contribution in [0.15, 0.2) is 6.20 Å². The van der Waals surface area contributed by atoms with Gasteiger partial charge < -0.3 is 4.74 Å². The standard InChI is InChI=1S/C7H8N4O2/c1-11-6(10-7(12)13-2)5(3-8)4-9-11/h4H,1-2H3,(H,10,12). The summed E-state index contributed by atoms with van der Waals surface area (Å²) in [4.78, 5) is 10.8. The van der Waals surface area contributed by atoms with Crippen LogP contribution < -0.4 is 5.32 Å². The zero-order valence-electron chi connectivity index (χ0n) is 7.24. The number of aromatic nitrogens is 2. The summed E-state index contributed by atoms with van der Waals surface area (Å²) >= 11 is 0. The van der Waals surface area contributed by atoms with Crippen LogP contribution in [0.1, 0.15) is 5.56 Å². The van der Waals surface area contributed by atoms with Crippen molar-refractivity contribution < 1.29 is 9.53 Å². The van der Waals surface area contributed by atoms with E-state index < -0.39 is 6.09 Å². The average molecular weight is 180 g/mol. The van der Waals surface area contributed by atoms with Crippen molar-refractivity contribution in [3.8, 4) is 6.07 Å². The highest BCUT2D eigenvalue weighted by Gasteiger charge is 2.10. The van der Waals surface area contributed by atoms with Crippen LogP contribution in [0.25, 0.3) is 0 Å². The molecule has 0 aromatic carbocycles. The molecule has 0 spiro atoms. The molecule has 0 aliphatic heterocycles. The quantitative estimate of drug-likeness (QED) is 0.681. The predicted molar refractivity (Wildman–Crippen MR) is 44.0 cm³/mol. The van der Waals surface area contributed by atoms with Crippen LogP contribution in [0.4, 0.5) is 10.6 Å². The van der Waals surface area contributed by atoms with Crippen molar-refractivity contribution in [1.29, 1.82) is 5.26 Å². The molecule has 13 heavy (non-hydrogen) atoms. The number of amides is 1. The number of aryl methyl sites for hydroxylation is 1. The first-order valence-electron chi connectivity index (χ1n) is 3.46. The maximum absolute atomic E-state index is 10.8. The van der Waals surface area contributed by atoms with Crippen molar-refractivity contribution in [3.63, 3.8) is 0 Å². The van der Waals surface area contributed by atoms with Crippen LogP contribution in [0, 0.1) is 11.3 Å². The largest absolute Gasteiger partial charge is 0.453 e. The van der Waals surface area contributed by atoms with Gasteiger partial charge in [0.25, 0.3) is 0 Å². The lowest BCUT2D eigenvalue weighted by molar-refractivity contribution is 0.186. The fraction of sp³-hybridized carbons (Fsp3) is 0.286. The first kappa shape index (κ1) is 9.06. The molecular formula is C7H8N4O2. The van der Waals surface area contributed by atoms with Gasteiger partial charge in [-0.3, -0.25) is 10.00 Å². The van der Waals surface area contributed by atoms with Gasteiger partial charge in [-0.1, -0.05) is 0 Å². The van der Waals surface area contributed by atoms with E-state index in [-0.39, 0.29) is 0 Å². The topological polar surface area (TPSA) is 79.9 Å². The summed E-state index contributed by atoms with van der Waals surface area (Å²) in [6.45, 7) is 0. The van der Waals surface area contributed by atoms with E-state index in [4.69, 9.17) is 5.26 Å². The van der Waals surface area contributed by atoms with Gasteiger partial charge in [0.1, 0.15) is 11.6 Å². The molecule has 0 atom stereocenters. The van der Waals surface area contributed by atoms with E-state index in [2.05, 4.69) is 15.2 Å². The van der Waals surface area contributed by atoms with Crippen LogP contribution in [0.3, 0.4) is 0 Å². The van der Waals surface area contributed by atoms with Crippen molar-refractivity contribution in [1.82, 2.24) is 9.78 Å². The third kappa shape index (κ3) is 1.76. The number of carbonyl (C=O) groups is 1. The monoisotopic (exact) mass is 180 g/mol. The zero-order valence-corrected chi connectivity index (χ0v) is 7.24.